The lowest BCUT2D eigenvalue weighted by molar-refractivity contribution is 0.601. The van der Waals surface area contributed by atoms with E-state index in [0.29, 0.717) is 22.4 Å². The van der Waals surface area contributed by atoms with Crippen molar-refractivity contribution in [1.29, 1.82) is 0 Å². The van der Waals surface area contributed by atoms with Gasteiger partial charge in [-0.1, -0.05) is 44.2 Å². The molecule has 0 saturated heterocycles. The van der Waals surface area contributed by atoms with Gasteiger partial charge >= 0.3 is 0 Å². The molecule has 0 aliphatic heterocycles. The second kappa shape index (κ2) is 9.28. The van der Waals surface area contributed by atoms with E-state index in [1.807, 2.05) is 31.2 Å². The summed E-state index contributed by atoms with van der Waals surface area (Å²) in [5.41, 5.74) is 4.26. The molecule has 0 heterocycles. The highest BCUT2D eigenvalue weighted by atomic mass is 32.2. The lowest BCUT2D eigenvalue weighted by atomic mass is 10.0. The van der Waals surface area contributed by atoms with Crippen molar-refractivity contribution >= 4 is 44.4 Å². The molecule has 156 valence electrons. The summed E-state index contributed by atoms with van der Waals surface area (Å²) in [7, 11) is -3.67. The van der Waals surface area contributed by atoms with Crippen LogP contribution in [-0.2, 0) is 10.0 Å². The van der Waals surface area contributed by atoms with Crippen molar-refractivity contribution in [3.05, 3.63) is 83.9 Å². The van der Waals surface area contributed by atoms with Crippen molar-refractivity contribution in [2.75, 3.05) is 15.4 Å². The highest BCUT2D eigenvalue weighted by Gasteiger charge is 2.15. The van der Waals surface area contributed by atoms with Crippen molar-refractivity contribution in [1.82, 2.24) is 0 Å². The summed E-state index contributed by atoms with van der Waals surface area (Å²) in [4.78, 5) is 0.180. The lowest BCUT2D eigenvalue weighted by Crippen LogP contribution is -2.19. The first-order chi connectivity index (χ1) is 14.2. The Bertz CT molecular complexity index is 1120. The summed E-state index contributed by atoms with van der Waals surface area (Å²) < 4.78 is 27.9. The summed E-state index contributed by atoms with van der Waals surface area (Å²) in [5, 5.41) is 6.63. The molecule has 3 aromatic rings. The minimum Gasteiger partial charge on any atom is -0.332 e. The van der Waals surface area contributed by atoms with Crippen LogP contribution in [0.15, 0.2) is 77.7 Å². The average Bonchev–Trinajstić information content (AvgIpc) is 2.70. The minimum atomic E-state index is -3.67. The molecule has 0 aromatic heterocycles. The Morgan fingerprint density at radius 3 is 1.90 bits per heavy atom. The van der Waals surface area contributed by atoms with Crippen LogP contribution in [0.1, 0.15) is 30.9 Å². The highest BCUT2D eigenvalue weighted by Crippen LogP contribution is 2.21. The fourth-order valence-corrected chi connectivity index (χ4v) is 4.22. The predicted octanol–water partition coefficient (Wildman–Crippen LogP) is 5.73. The molecule has 0 saturated carbocycles. The van der Waals surface area contributed by atoms with Gasteiger partial charge in [0.15, 0.2) is 5.11 Å². The summed E-state index contributed by atoms with van der Waals surface area (Å²) in [6, 6.07) is 21.8. The van der Waals surface area contributed by atoms with Crippen molar-refractivity contribution < 1.29 is 8.42 Å². The van der Waals surface area contributed by atoms with Crippen LogP contribution in [0, 0.1) is 6.92 Å². The Morgan fingerprint density at radius 1 is 0.833 bits per heavy atom. The van der Waals surface area contributed by atoms with Crippen LogP contribution >= 0.6 is 12.2 Å². The van der Waals surface area contributed by atoms with E-state index in [9.17, 15) is 8.42 Å². The van der Waals surface area contributed by atoms with E-state index in [1.165, 1.54) is 5.56 Å². The molecule has 3 aromatic carbocycles. The molecule has 7 heteroatoms. The van der Waals surface area contributed by atoms with Gasteiger partial charge in [-0.3, -0.25) is 4.72 Å². The topological polar surface area (TPSA) is 70.2 Å². The van der Waals surface area contributed by atoms with Crippen LogP contribution in [0.2, 0.25) is 0 Å². The molecule has 0 fully saturated rings. The third-order valence-corrected chi connectivity index (χ3v) is 6.23. The number of nitrogens with one attached hydrogen (secondary N) is 3. The van der Waals surface area contributed by atoms with E-state index >= 15 is 0 Å². The third-order valence-electron chi connectivity index (χ3n) is 4.65. The predicted molar refractivity (Wildman–Crippen MR) is 129 cm³/mol. The molecule has 5 nitrogen and oxygen atoms in total. The molecule has 0 aliphatic carbocycles. The molecule has 0 spiro atoms. The molecule has 30 heavy (non-hydrogen) atoms. The van der Waals surface area contributed by atoms with Gasteiger partial charge in [-0.2, -0.15) is 0 Å². The van der Waals surface area contributed by atoms with Gasteiger partial charge in [-0.05, 0) is 78.7 Å². The zero-order valence-corrected chi connectivity index (χ0v) is 18.8. The Hall–Kier alpha value is -2.90. The molecule has 0 atom stereocenters. The summed E-state index contributed by atoms with van der Waals surface area (Å²) in [5.74, 6) is 0.471. The normalized spacial score (nSPS) is 11.2. The number of benzene rings is 3. The second-order valence-electron chi connectivity index (χ2n) is 7.30. The molecule has 0 amide bonds. The maximum Gasteiger partial charge on any atom is 0.261 e. The second-order valence-corrected chi connectivity index (χ2v) is 9.39. The molecule has 3 rings (SSSR count). The number of aryl methyl sites for hydroxylation is 1. The SMILES string of the molecule is Cc1ccccc1NS(=O)(=O)c1ccc(NC(=S)Nc2ccc(C(C)C)cc2)cc1. The number of thiocarbonyl (C=S) groups is 1. The molecule has 3 N–H and O–H groups in total. The van der Waals surface area contributed by atoms with Gasteiger partial charge in [0.1, 0.15) is 0 Å². The highest BCUT2D eigenvalue weighted by molar-refractivity contribution is 7.92. The molecule has 0 radical (unpaired) electrons. The fourth-order valence-electron chi connectivity index (χ4n) is 2.85. The number of rotatable bonds is 6. The number of sulfonamides is 1. The van der Waals surface area contributed by atoms with Crippen LogP contribution in [0.5, 0.6) is 0 Å². The van der Waals surface area contributed by atoms with Gasteiger partial charge in [0, 0.05) is 11.4 Å². The van der Waals surface area contributed by atoms with E-state index in [2.05, 4.69) is 41.3 Å². The molecule has 0 unspecified atom stereocenters. The monoisotopic (exact) mass is 439 g/mol. The van der Waals surface area contributed by atoms with Gasteiger partial charge in [0.25, 0.3) is 10.0 Å². The number of hydrogen-bond acceptors (Lipinski definition) is 3. The Kier molecular flexibility index (Phi) is 6.74. The van der Waals surface area contributed by atoms with Gasteiger partial charge in [0.05, 0.1) is 10.6 Å². The van der Waals surface area contributed by atoms with Crippen LogP contribution in [0.3, 0.4) is 0 Å². The van der Waals surface area contributed by atoms with E-state index < -0.39 is 10.0 Å². The third kappa shape index (κ3) is 5.58. The summed E-state index contributed by atoms with van der Waals surface area (Å²) in [6.45, 7) is 6.15. The number of hydrogen-bond donors (Lipinski definition) is 3. The van der Waals surface area contributed by atoms with Crippen molar-refractivity contribution in [3.63, 3.8) is 0 Å². The van der Waals surface area contributed by atoms with E-state index in [-0.39, 0.29) is 4.90 Å². The minimum absolute atomic E-state index is 0.180. The first-order valence-corrected chi connectivity index (χ1v) is 11.5. The summed E-state index contributed by atoms with van der Waals surface area (Å²) in [6.07, 6.45) is 0. The maximum absolute atomic E-state index is 12.6. The molecular formula is C23H25N3O2S2. The summed E-state index contributed by atoms with van der Waals surface area (Å²) >= 11 is 5.36. The quantitative estimate of drug-likeness (QED) is 0.428. The average molecular weight is 440 g/mol. The van der Waals surface area contributed by atoms with E-state index in [0.717, 1.165) is 11.3 Å². The Labute approximate surface area is 183 Å². The van der Waals surface area contributed by atoms with E-state index in [4.69, 9.17) is 12.2 Å². The first kappa shape index (κ1) is 21.8. The largest absolute Gasteiger partial charge is 0.332 e. The zero-order chi connectivity index (χ0) is 21.7. The lowest BCUT2D eigenvalue weighted by Gasteiger charge is -2.13. The van der Waals surface area contributed by atoms with Crippen molar-refractivity contribution in [2.45, 2.75) is 31.6 Å². The molecule has 0 aliphatic rings. The Morgan fingerprint density at radius 2 is 1.37 bits per heavy atom. The van der Waals surface area contributed by atoms with Crippen LogP contribution in [0.4, 0.5) is 17.1 Å². The zero-order valence-electron chi connectivity index (χ0n) is 17.1. The van der Waals surface area contributed by atoms with Crippen molar-refractivity contribution in [2.24, 2.45) is 0 Å². The van der Waals surface area contributed by atoms with Gasteiger partial charge in [-0.25, -0.2) is 8.42 Å². The number of para-hydroxylation sites is 1. The number of anilines is 3. The van der Waals surface area contributed by atoms with Crippen LogP contribution in [0.25, 0.3) is 0 Å². The van der Waals surface area contributed by atoms with Gasteiger partial charge < -0.3 is 10.6 Å². The van der Waals surface area contributed by atoms with Crippen molar-refractivity contribution in [3.8, 4) is 0 Å². The smallest absolute Gasteiger partial charge is 0.261 e. The standard InChI is InChI=1S/C23H25N3O2S2/c1-16(2)18-8-10-19(11-9-18)24-23(29)25-20-12-14-21(15-13-20)30(27,28)26-22-7-5-4-6-17(22)3/h4-16,26H,1-3H3,(H2,24,25,29). The van der Waals surface area contributed by atoms with Crippen LogP contribution in [-0.4, -0.2) is 13.5 Å². The van der Waals surface area contributed by atoms with Crippen LogP contribution < -0.4 is 15.4 Å². The van der Waals surface area contributed by atoms with Gasteiger partial charge in [-0.15, -0.1) is 0 Å². The fraction of sp³-hybridized carbons (Fsp3) is 0.174. The van der Waals surface area contributed by atoms with E-state index in [1.54, 1.807) is 36.4 Å². The maximum atomic E-state index is 12.6. The molecular weight excluding hydrogens is 414 g/mol. The van der Waals surface area contributed by atoms with Gasteiger partial charge in [0.2, 0.25) is 0 Å². The molecule has 0 bridgehead atoms. The Balaban J connectivity index is 1.63. The first-order valence-electron chi connectivity index (χ1n) is 9.61.